The summed E-state index contributed by atoms with van der Waals surface area (Å²) < 4.78 is 0. The van der Waals surface area contributed by atoms with Crippen LogP contribution in [-0.4, -0.2) is 17.9 Å². The van der Waals surface area contributed by atoms with Crippen molar-refractivity contribution in [3.63, 3.8) is 0 Å². The first-order valence-corrected chi connectivity index (χ1v) is 6.59. The summed E-state index contributed by atoms with van der Waals surface area (Å²) in [6.07, 6.45) is 3.64. The molecule has 0 spiro atoms. The van der Waals surface area contributed by atoms with Crippen molar-refractivity contribution in [2.45, 2.75) is 44.7 Å². The molecule has 2 aliphatic heterocycles. The molecule has 0 aromatic heterocycles. The summed E-state index contributed by atoms with van der Waals surface area (Å²) in [6, 6.07) is 6.95. The molecule has 2 bridgehead atoms. The van der Waals surface area contributed by atoms with E-state index in [-0.39, 0.29) is 0 Å². The van der Waals surface area contributed by atoms with E-state index in [1.807, 2.05) is 13.0 Å². The van der Waals surface area contributed by atoms with Crippen LogP contribution in [0.2, 0.25) is 5.02 Å². The van der Waals surface area contributed by atoms with Gasteiger partial charge in [-0.25, -0.2) is 0 Å². The number of fused-ring (bicyclic) bond motifs is 2. The Labute approximate surface area is 107 Å². The second-order valence-electron chi connectivity index (χ2n) is 5.19. The van der Waals surface area contributed by atoms with E-state index in [0.717, 1.165) is 23.6 Å². The molecule has 2 unspecified atom stereocenters. The Hall–Kier alpha value is -1.02. The molecule has 3 rings (SSSR count). The molecule has 1 aromatic carbocycles. The number of piperidine rings is 1. The molecule has 1 aromatic rings. The van der Waals surface area contributed by atoms with Crippen LogP contribution in [-0.2, 0) is 4.79 Å². The van der Waals surface area contributed by atoms with Gasteiger partial charge in [0.1, 0.15) is 5.78 Å². The summed E-state index contributed by atoms with van der Waals surface area (Å²) in [5.74, 6) is 0.414. The average molecular weight is 250 g/mol. The number of carbonyl (C=O) groups excluding carboxylic acids is 1. The first kappa shape index (κ1) is 11.1. The molecule has 2 aliphatic rings. The van der Waals surface area contributed by atoms with Crippen molar-refractivity contribution < 1.29 is 4.79 Å². The van der Waals surface area contributed by atoms with Crippen LogP contribution in [0, 0.1) is 6.92 Å². The number of ketones is 1. The van der Waals surface area contributed by atoms with E-state index >= 15 is 0 Å². The molecule has 17 heavy (non-hydrogen) atoms. The van der Waals surface area contributed by atoms with Crippen molar-refractivity contribution in [1.82, 2.24) is 0 Å². The number of hydrogen-bond acceptors (Lipinski definition) is 2. The second-order valence-corrected chi connectivity index (χ2v) is 5.60. The molecule has 2 heterocycles. The topological polar surface area (TPSA) is 20.3 Å². The number of halogens is 1. The monoisotopic (exact) mass is 249 g/mol. The third kappa shape index (κ3) is 1.85. The van der Waals surface area contributed by atoms with Gasteiger partial charge in [-0.2, -0.15) is 0 Å². The first-order valence-electron chi connectivity index (χ1n) is 6.21. The van der Waals surface area contributed by atoms with Crippen molar-refractivity contribution in [2.75, 3.05) is 4.90 Å². The van der Waals surface area contributed by atoms with Crippen LogP contribution in [0.1, 0.15) is 31.2 Å². The first-order chi connectivity index (χ1) is 8.15. The lowest BCUT2D eigenvalue weighted by Crippen LogP contribution is -2.43. The molecule has 90 valence electrons. The normalized spacial score (nSPS) is 27.6. The quantitative estimate of drug-likeness (QED) is 0.761. The van der Waals surface area contributed by atoms with Gasteiger partial charge in [0.2, 0.25) is 0 Å². The fourth-order valence-electron chi connectivity index (χ4n) is 3.19. The molecular formula is C14H16ClNO. The minimum atomic E-state index is 0.376. The summed E-state index contributed by atoms with van der Waals surface area (Å²) in [4.78, 5) is 14.0. The number of Topliss-reactive ketones (excluding diaryl/α,β-unsaturated/α-hetero) is 1. The molecule has 0 N–H and O–H groups in total. The number of benzene rings is 1. The highest BCUT2D eigenvalue weighted by Gasteiger charge is 2.40. The smallest absolute Gasteiger partial charge is 0.137 e. The zero-order chi connectivity index (χ0) is 12.0. The van der Waals surface area contributed by atoms with Crippen LogP contribution in [0.4, 0.5) is 5.69 Å². The van der Waals surface area contributed by atoms with E-state index in [1.54, 1.807) is 0 Å². The van der Waals surface area contributed by atoms with Crippen molar-refractivity contribution in [3.8, 4) is 0 Å². The van der Waals surface area contributed by atoms with Gasteiger partial charge in [-0.15, -0.1) is 0 Å². The Bertz CT molecular complexity index is 455. The molecule has 2 nitrogen and oxygen atoms in total. The Kier molecular flexibility index (Phi) is 2.62. The number of carbonyl (C=O) groups is 1. The minimum Gasteiger partial charge on any atom is -0.363 e. The van der Waals surface area contributed by atoms with Crippen LogP contribution >= 0.6 is 11.6 Å². The Morgan fingerprint density at radius 3 is 2.47 bits per heavy atom. The van der Waals surface area contributed by atoms with E-state index in [4.69, 9.17) is 11.6 Å². The highest BCUT2D eigenvalue weighted by atomic mass is 35.5. The molecule has 2 saturated heterocycles. The van der Waals surface area contributed by atoms with E-state index < -0.39 is 0 Å². The second kappa shape index (κ2) is 4.02. The standard InChI is InChI=1S/C14H16ClNO/c1-9-2-5-14(13(15)6-9)16-10-3-4-11(16)8-12(17)7-10/h2,5-6,10-11H,3-4,7-8H2,1H3. The number of anilines is 1. The van der Waals surface area contributed by atoms with Crippen LogP contribution in [0.5, 0.6) is 0 Å². The van der Waals surface area contributed by atoms with Crippen LogP contribution < -0.4 is 4.90 Å². The third-order valence-corrected chi connectivity index (χ3v) is 4.23. The molecule has 0 aliphatic carbocycles. The van der Waals surface area contributed by atoms with Crippen LogP contribution in [0.3, 0.4) is 0 Å². The van der Waals surface area contributed by atoms with Gasteiger partial charge in [-0.1, -0.05) is 17.7 Å². The van der Waals surface area contributed by atoms with Crippen molar-refractivity contribution in [1.29, 1.82) is 0 Å². The predicted molar refractivity (Wildman–Crippen MR) is 69.7 cm³/mol. The zero-order valence-electron chi connectivity index (χ0n) is 9.95. The van der Waals surface area contributed by atoms with Gasteiger partial charge in [-0.3, -0.25) is 4.79 Å². The Morgan fingerprint density at radius 1 is 1.24 bits per heavy atom. The summed E-state index contributed by atoms with van der Waals surface area (Å²) >= 11 is 6.33. The van der Waals surface area contributed by atoms with Gasteiger partial charge >= 0.3 is 0 Å². The molecule has 3 heteroatoms. The summed E-state index contributed by atoms with van der Waals surface area (Å²) in [6.45, 7) is 2.05. The minimum absolute atomic E-state index is 0.376. The summed E-state index contributed by atoms with van der Waals surface area (Å²) in [5.41, 5.74) is 2.29. The maximum absolute atomic E-state index is 11.6. The van der Waals surface area contributed by atoms with Gasteiger partial charge in [0.25, 0.3) is 0 Å². The Balaban J connectivity index is 1.97. The zero-order valence-corrected chi connectivity index (χ0v) is 10.7. The van der Waals surface area contributed by atoms with Gasteiger partial charge in [0.05, 0.1) is 10.7 Å². The van der Waals surface area contributed by atoms with Gasteiger partial charge in [-0.05, 0) is 37.5 Å². The summed E-state index contributed by atoms with van der Waals surface area (Å²) in [5, 5.41) is 0.816. The van der Waals surface area contributed by atoms with Crippen molar-refractivity contribution in [3.05, 3.63) is 28.8 Å². The number of nitrogens with zero attached hydrogens (tertiary/aromatic N) is 1. The number of rotatable bonds is 1. The van der Waals surface area contributed by atoms with E-state index in [1.165, 1.54) is 5.56 Å². The highest BCUT2D eigenvalue weighted by Crippen LogP contribution is 2.40. The summed E-state index contributed by atoms with van der Waals surface area (Å²) in [7, 11) is 0. The molecule has 0 saturated carbocycles. The average Bonchev–Trinajstić information content (AvgIpc) is 2.53. The fourth-order valence-corrected chi connectivity index (χ4v) is 3.52. The van der Waals surface area contributed by atoms with Crippen LogP contribution in [0.15, 0.2) is 18.2 Å². The molecular weight excluding hydrogens is 234 g/mol. The number of aryl methyl sites for hydroxylation is 1. The molecule has 2 fully saturated rings. The van der Waals surface area contributed by atoms with Crippen LogP contribution in [0.25, 0.3) is 0 Å². The van der Waals surface area contributed by atoms with Gasteiger partial charge < -0.3 is 4.90 Å². The van der Waals surface area contributed by atoms with Gasteiger partial charge in [0.15, 0.2) is 0 Å². The maximum Gasteiger partial charge on any atom is 0.137 e. The lowest BCUT2D eigenvalue weighted by atomic mass is 10.0. The van der Waals surface area contributed by atoms with Crippen molar-refractivity contribution in [2.24, 2.45) is 0 Å². The molecule has 0 radical (unpaired) electrons. The molecule has 0 amide bonds. The van der Waals surface area contributed by atoms with E-state index in [9.17, 15) is 4.79 Å². The van der Waals surface area contributed by atoms with Gasteiger partial charge in [0, 0.05) is 24.9 Å². The predicted octanol–water partition coefficient (Wildman–Crippen LogP) is 3.35. The SMILES string of the molecule is Cc1ccc(N2C3CCC2CC(=O)C3)c(Cl)c1. The Morgan fingerprint density at radius 2 is 1.88 bits per heavy atom. The maximum atomic E-state index is 11.6. The van der Waals surface area contributed by atoms with E-state index in [0.29, 0.717) is 30.7 Å². The third-order valence-electron chi connectivity index (χ3n) is 3.93. The largest absolute Gasteiger partial charge is 0.363 e. The lowest BCUT2D eigenvalue weighted by molar-refractivity contribution is -0.120. The molecule has 2 atom stereocenters. The van der Waals surface area contributed by atoms with Crippen molar-refractivity contribution >= 4 is 23.1 Å². The van der Waals surface area contributed by atoms with E-state index in [2.05, 4.69) is 17.0 Å². The highest BCUT2D eigenvalue weighted by molar-refractivity contribution is 6.33. The number of hydrogen-bond donors (Lipinski definition) is 0. The lowest BCUT2D eigenvalue weighted by Gasteiger charge is -2.36. The fraction of sp³-hybridized carbons (Fsp3) is 0.500.